The molecule has 0 heterocycles. The summed E-state index contributed by atoms with van der Waals surface area (Å²) in [4.78, 5) is 11.8. The minimum atomic E-state index is -0.452. The SMILES string of the molecule is C=CCOC(CCCCCC/C=C\C/C=C\C/C=C\CC)C(=O)OCC. The van der Waals surface area contributed by atoms with Crippen molar-refractivity contribution in [3.05, 3.63) is 49.1 Å². The zero-order chi connectivity index (χ0) is 19.3. The third-order valence-electron chi connectivity index (χ3n) is 3.83. The van der Waals surface area contributed by atoms with Crippen LogP contribution in [0.4, 0.5) is 0 Å². The lowest BCUT2D eigenvalue weighted by molar-refractivity contribution is -0.156. The van der Waals surface area contributed by atoms with E-state index in [1.165, 1.54) is 12.8 Å². The second-order valence-corrected chi connectivity index (χ2v) is 6.15. The summed E-state index contributed by atoms with van der Waals surface area (Å²) in [6, 6.07) is 0. The zero-order valence-corrected chi connectivity index (χ0v) is 16.8. The van der Waals surface area contributed by atoms with E-state index in [1.807, 2.05) is 6.92 Å². The van der Waals surface area contributed by atoms with Crippen LogP contribution in [0.15, 0.2) is 49.1 Å². The molecule has 0 aromatic heterocycles. The van der Waals surface area contributed by atoms with Gasteiger partial charge in [-0.1, -0.05) is 68.7 Å². The van der Waals surface area contributed by atoms with Crippen LogP contribution < -0.4 is 0 Å². The molecule has 0 aliphatic rings. The van der Waals surface area contributed by atoms with Crippen molar-refractivity contribution >= 4 is 5.97 Å². The lowest BCUT2D eigenvalue weighted by Gasteiger charge is -2.15. The molecule has 0 N–H and O–H groups in total. The van der Waals surface area contributed by atoms with Gasteiger partial charge in [-0.05, 0) is 45.4 Å². The van der Waals surface area contributed by atoms with E-state index in [9.17, 15) is 4.79 Å². The van der Waals surface area contributed by atoms with Crippen molar-refractivity contribution in [2.24, 2.45) is 0 Å². The quantitative estimate of drug-likeness (QED) is 0.172. The fourth-order valence-corrected chi connectivity index (χ4v) is 2.46. The average Bonchev–Trinajstić information content (AvgIpc) is 2.64. The number of allylic oxidation sites excluding steroid dienone is 6. The average molecular weight is 363 g/mol. The molecule has 0 aromatic rings. The van der Waals surface area contributed by atoms with Gasteiger partial charge < -0.3 is 9.47 Å². The maximum absolute atomic E-state index is 11.8. The van der Waals surface area contributed by atoms with Crippen molar-refractivity contribution in [2.75, 3.05) is 13.2 Å². The summed E-state index contributed by atoms with van der Waals surface area (Å²) >= 11 is 0. The smallest absolute Gasteiger partial charge is 0.335 e. The lowest BCUT2D eigenvalue weighted by Crippen LogP contribution is -2.26. The maximum Gasteiger partial charge on any atom is 0.335 e. The molecule has 0 saturated carbocycles. The molecule has 0 aliphatic carbocycles. The first kappa shape index (κ1) is 24.4. The van der Waals surface area contributed by atoms with Gasteiger partial charge in [0.05, 0.1) is 13.2 Å². The first-order valence-corrected chi connectivity index (χ1v) is 10.1. The number of rotatable bonds is 17. The number of hydrogen-bond donors (Lipinski definition) is 0. The van der Waals surface area contributed by atoms with Crippen molar-refractivity contribution in [1.82, 2.24) is 0 Å². The lowest BCUT2D eigenvalue weighted by atomic mass is 10.1. The molecule has 0 amide bonds. The second kappa shape index (κ2) is 19.7. The van der Waals surface area contributed by atoms with E-state index in [-0.39, 0.29) is 5.97 Å². The molecule has 0 spiro atoms. The summed E-state index contributed by atoms with van der Waals surface area (Å²) in [5.41, 5.74) is 0. The van der Waals surface area contributed by atoms with Crippen LogP contribution in [0.5, 0.6) is 0 Å². The van der Waals surface area contributed by atoms with Gasteiger partial charge in [0.25, 0.3) is 0 Å². The number of unbranched alkanes of at least 4 members (excludes halogenated alkanes) is 4. The Hall–Kier alpha value is -1.61. The minimum absolute atomic E-state index is 0.254. The summed E-state index contributed by atoms with van der Waals surface area (Å²) in [6.45, 7) is 8.37. The molecule has 0 radical (unpaired) electrons. The van der Waals surface area contributed by atoms with Gasteiger partial charge in [0.1, 0.15) is 0 Å². The van der Waals surface area contributed by atoms with Crippen LogP contribution in [0.3, 0.4) is 0 Å². The fraction of sp³-hybridized carbons (Fsp3) is 0.609. The van der Waals surface area contributed by atoms with Crippen molar-refractivity contribution in [3.63, 3.8) is 0 Å². The molecule has 0 fully saturated rings. The summed E-state index contributed by atoms with van der Waals surface area (Å²) < 4.78 is 10.6. The first-order chi connectivity index (χ1) is 12.8. The Morgan fingerprint density at radius 2 is 1.58 bits per heavy atom. The highest BCUT2D eigenvalue weighted by Gasteiger charge is 2.19. The van der Waals surface area contributed by atoms with Crippen LogP contribution in [0, 0.1) is 0 Å². The molecule has 148 valence electrons. The molecule has 0 saturated heterocycles. The van der Waals surface area contributed by atoms with E-state index in [1.54, 1.807) is 6.08 Å². The van der Waals surface area contributed by atoms with E-state index >= 15 is 0 Å². The molecule has 0 bridgehead atoms. The summed E-state index contributed by atoms with van der Waals surface area (Å²) in [5, 5.41) is 0. The topological polar surface area (TPSA) is 35.5 Å². The van der Waals surface area contributed by atoms with Gasteiger partial charge in [0.15, 0.2) is 6.10 Å². The van der Waals surface area contributed by atoms with Gasteiger partial charge in [-0.25, -0.2) is 4.79 Å². The Morgan fingerprint density at radius 3 is 2.23 bits per heavy atom. The highest BCUT2D eigenvalue weighted by molar-refractivity contribution is 5.74. The number of carbonyl (C=O) groups is 1. The van der Waals surface area contributed by atoms with Gasteiger partial charge in [0, 0.05) is 0 Å². The molecule has 1 unspecified atom stereocenters. The fourth-order valence-electron chi connectivity index (χ4n) is 2.46. The van der Waals surface area contributed by atoms with E-state index in [0.29, 0.717) is 13.2 Å². The third kappa shape index (κ3) is 15.9. The Bertz CT molecular complexity index is 421. The summed E-state index contributed by atoms with van der Waals surface area (Å²) in [5.74, 6) is -0.254. The Labute approximate surface area is 160 Å². The number of hydrogen-bond acceptors (Lipinski definition) is 3. The summed E-state index contributed by atoms with van der Waals surface area (Å²) in [7, 11) is 0. The monoisotopic (exact) mass is 362 g/mol. The van der Waals surface area contributed by atoms with Crippen LogP contribution in [0.2, 0.25) is 0 Å². The molecule has 26 heavy (non-hydrogen) atoms. The molecule has 1 atom stereocenters. The Morgan fingerprint density at radius 1 is 0.923 bits per heavy atom. The van der Waals surface area contributed by atoms with E-state index in [2.05, 4.69) is 50.0 Å². The zero-order valence-electron chi connectivity index (χ0n) is 16.8. The van der Waals surface area contributed by atoms with Crippen LogP contribution in [0.1, 0.15) is 71.6 Å². The Balaban J connectivity index is 3.68. The second-order valence-electron chi connectivity index (χ2n) is 6.15. The molecule has 0 aliphatic heterocycles. The first-order valence-electron chi connectivity index (χ1n) is 10.1. The van der Waals surface area contributed by atoms with Crippen LogP contribution in [0.25, 0.3) is 0 Å². The standard InChI is InChI=1S/C23H38O3/c1-4-7-8-9-10-11-12-13-14-15-16-17-18-19-20-22(26-21-5-2)23(24)25-6-3/h5,7-8,10-11,13-14,22H,2,4,6,9,12,15-21H2,1,3H3/b8-7-,11-10-,14-13-. The maximum atomic E-state index is 11.8. The molecule has 3 nitrogen and oxygen atoms in total. The van der Waals surface area contributed by atoms with Crippen LogP contribution >= 0.6 is 0 Å². The normalized spacial score (nSPS) is 13.0. The van der Waals surface area contributed by atoms with Gasteiger partial charge in [-0.3, -0.25) is 0 Å². The number of ether oxygens (including phenoxy) is 2. The number of esters is 1. The molecular formula is C23H38O3. The van der Waals surface area contributed by atoms with E-state index in [4.69, 9.17) is 9.47 Å². The third-order valence-corrected chi connectivity index (χ3v) is 3.83. The van der Waals surface area contributed by atoms with E-state index < -0.39 is 6.10 Å². The highest BCUT2D eigenvalue weighted by atomic mass is 16.6. The molecule has 0 rings (SSSR count). The predicted octanol–water partition coefficient (Wildman–Crippen LogP) is 6.32. The molecule has 0 aromatic carbocycles. The van der Waals surface area contributed by atoms with Crippen molar-refractivity contribution < 1.29 is 14.3 Å². The van der Waals surface area contributed by atoms with Gasteiger partial charge in [-0.2, -0.15) is 0 Å². The molecular weight excluding hydrogens is 324 g/mol. The van der Waals surface area contributed by atoms with Crippen molar-refractivity contribution in [1.29, 1.82) is 0 Å². The largest absolute Gasteiger partial charge is 0.464 e. The van der Waals surface area contributed by atoms with Gasteiger partial charge in [0.2, 0.25) is 0 Å². The van der Waals surface area contributed by atoms with Crippen LogP contribution in [-0.2, 0) is 14.3 Å². The van der Waals surface area contributed by atoms with Crippen molar-refractivity contribution in [3.8, 4) is 0 Å². The predicted molar refractivity (Wildman–Crippen MR) is 111 cm³/mol. The van der Waals surface area contributed by atoms with E-state index in [0.717, 1.165) is 44.9 Å². The highest BCUT2D eigenvalue weighted by Crippen LogP contribution is 2.11. The summed E-state index contributed by atoms with van der Waals surface area (Å²) in [6.07, 6.45) is 24.0. The Kier molecular flexibility index (Phi) is 18.5. The van der Waals surface area contributed by atoms with Gasteiger partial charge >= 0.3 is 5.97 Å². The van der Waals surface area contributed by atoms with Crippen LogP contribution in [-0.4, -0.2) is 25.3 Å². The van der Waals surface area contributed by atoms with Gasteiger partial charge in [-0.15, -0.1) is 6.58 Å². The minimum Gasteiger partial charge on any atom is -0.464 e. The van der Waals surface area contributed by atoms with Crippen molar-refractivity contribution in [2.45, 2.75) is 77.7 Å². The molecule has 3 heteroatoms. The number of carbonyl (C=O) groups excluding carboxylic acids is 1.